The number of nitrogens with one attached hydrogen (secondary N) is 2. The van der Waals surface area contributed by atoms with Gasteiger partial charge in [-0.25, -0.2) is 0 Å². The van der Waals surface area contributed by atoms with Crippen molar-refractivity contribution in [3.05, 3.63) is 59.2 Å². The summed E-state index contributed by atoms with van der Waals surface area (Å²) in [5, 5.41) is 18.9. The monoisotopic (exact) mass is 515 g/mol. The normalized spacial score (nSPS) is 33.6. The van der Waals surface area contributed by atoms with Gasteiger partial charge in [0, 0.05) is 18.2 Å². The van der Waals surface area contributed by atoms with Gasteiger partial charge in [0.15, 0.2) is 0 Å². The van der Waals surface area contributed by atoms with Gasteiger partial charge in [0.1, 0.15) is 11.9 Å². The highest BCUT2D eigenvalue weighted by Crippen LogP contribution is 2.65. The average Bonchev–Trinajstić information content (AvgIpc) is 3.66. The molecule has 2 heterocycles. The third kappa shape index (κ3) is 3.34. The largest absolute Gasteiger partial charge is 0.485 e. The van der Waals surface area contributed by atoms with Crippen LogP contribution in [0.1, 0.15) is 68.1 Å². The van der Waals surface area contributed by atoms with Gasteiger partial charge >= 0.3 is 0 Å². The van der Waals surface area contributed by atoms with Crippen LogP contribution in [-0.2, 0) is 21.4 Å². The first kappa shape index (κ1) is 24.2. The summed E-state index contributed by atoms with van der Waals surface area (Å²) < 4.78 is 6.77. The second-order valence-electron chi connectivity index (χ2n) is 12.1. The molecule has 2 bridgehead atoms. The van der Waals surface area contributed by atoms with Crippen LogP contribution in [0.3, 0.4) is 0 Å². The number of nitrogens with zero attached hydrogens (tertiary/aromatic N) is 1. The Kier molecular flexibility index (Phi) is 5.61. The van der Waals surface area contributed by atoms with E-state index < -0.39 is 11.0 Å². The minimum Gasteiger partial charge on any atom is -0.485 e. The van der Waals surface area contributed by atoms with Crippen LogP contribution in [0.25, 0.3) is 0 Å². The summed E-state index contributed by atoms with van der Waals surface area (Å²) in [6, 6.07) is 13.8. The highest BCUT2D eigenvalue weighted by Gasteiger charge is 2.73. The molecule has 7 nitrogen and oxygen atoms in total. The Labute approximate surface area is 223 Å². The molecular weight excluding hydrogens is 478 g/mol. The van der Waals surface area contributed by atoms with Gasteiger partial charge in [-0.05, 0) is 74.6 Å². The molecule has 200 valence electrons. The van der Waals surface area contributed by atoms with Crippen molar-refractivity contribution in [1.82, 2.24) is 10.2 Å². The minimum atomic E-state index is -0.937. The number of aliphatic hydroxyl groups is 1. The summed E-state index contributed by atoms with van der Waals surface area (Å²) in [5.41, 5.74) is 2.38. The van der Waals surface area contributed by atoms with Crippen LogP contribution in [0, 0.1) is 5.92 Å². The van der Waals surface area contributed by atoms with Crippen molar-refractivity contribution in [2.75, 3.05) is 18.4 Å². The topological polar surface area (TPSA) is 90.9 Å². The van der Waals surface area contributed by atoms with Gasteiger partial charge in [-0.3, -0.25) is 14.5 Å². The first-order valence-corrected chi connectivity index (χ1v) is 14.3. The van der Waals surface area contributed by atoms with Crippen LogP contribution in [0.4, 0.5) is 5.69 Å². The Balaban J connectivity index is 1.28. The van der Waals surface area contributed by atoms with Crippen molar-refractivity contribution < 1.29 is 19.4 Å². The molecule has 2 aliphatic heterocycles. The summed E-state index contributed by atoms with van der Waals surface area (Å²) in [6.07, 6.45) is 6.43. The lowest BCUT2D eigenvalue weighted by molar-refractivity contribution is -0.192. The number of carbonyl (C=O) groups excluding carboxylic acids is 2. The van der Waals surface area contributed by atoms with E-state index in [1.165, 1.54) is 18.4 Å². The molecular formula is C31H37N3O4. The molecule has 0 radical (unpaired) electrons. The quantitative estimate of drug-likeness (QED) is 0.468. The molecule has 2 saturated carbocycles. The Hall–Kier alpha value is -2.90. The van der Waals surface area contributed by atoms with Crippen LogP contribution >= 0.6 is 0 Å². The molecule has 2 amide bonds. The number of piperidine rings is 1. The standard InChI is InChI=1S/C31H37N3O4/c1-2-22(20-6-4-3-5-7-20)29(36)33-24-12-13-31(37)25-16-21-10-11-23(32-18-35)27-26(21)30(31,28(24)38-27)14-15-34(25)17-19-8-9-19/h3-7,10-11,18-19,22,24-25,28,37H,2,8-9,12-17H2,1H3,(H,32,35)(H,33,36)/t22?,24?,25-,28?,30+,31-/m1/s1. The van der Waals surface area contributed by atoms with Gasteiger partial charge in [0.2, 0.25) is 12.3 Å². The van der Waals surface area contributed by atoms with Gasteiger partial charge < -0.3 is 20.5 Å². The summed E-state index contributed by atoms with van der Waals surface area (Å²) in [5.74, 6) is 1.21. The number of carbonyl (C=O) groups is 2. The van der Waals surface area contributed by atoms with E-state index in [0.29, 0.717) is 37.1 Å². The first-order chi connectivity index (χ1) is 18.5. The summed E-state index contributed by atoms with van der Waals surface area (Å²) in [6.45, 7) is 4.01. The SMILES string of the molecule is CCC(C(=O)NC1CC[C@@]2(O)[C@H]3Cc4ccc(NC=O)c5c4[C@@]2(CCN3CC2CC2)C1O5)c1ccccc1. The summed E-state index contributed by atoms with van der Waals surface area (Å²) >= 11 is 0. The van der Waals surface area contributed by atoms with Crippen molar-refractivity contribution in [2.24, 2.45) is 5.92 Å². The van der Waals surface area contributed by atoms with E-state index >= 15 is 0 Å². The number of rotatable bonds is 8. The Morgan fingerprint density at radius 2 is 2.00 bits per heavy atom. The third-order valence-corrected chi connectivity index (χ3v) is 10.3. The molecule has 7 rings (SSSR count). The van der Waals surface area contributed by atoms with Crippen LogP contribution in [0.2, 0.25) is 0 Å². The van der Waals surface area contributed by atoms with Crippen molar-refractivity contribution in [3.8, 4) is 5.75 Å². The van der Waals surface area contributed by atoms with Crippen molar-refractivity contribution >= 4 is 18.0 Å². The Morgan fingerprint density at radius 1 is 1.18 bits per heavy atom. The van der Waals surface area contributed by atoms with Crippen LogP contribution < -0.4 is 15.4 Å². The molecule has 1 spiro atoms. The van der Waals surface area contributed by atoms with Crippen LogP contribution in [0.15, 0.2) is 42.5 Å². The minimum absolute atomic E-state index is 0.00934. The van der Waals surface area contributed by atoms with Gasteiger partial charge in [0.05, 0.1) is 28.7 Å². The van der Waals surface area contributed by atoms with Crippen molar-refractivity contribution in [1.29, 1.82) is 0 Å². The second-order valence-corrected chi connectivity index (χ2v) is 12.1. The van der Waals surface area contributed by atoms with E-state index in [1.807, 2.05) is 43.3 Å². The zero-order valence-corrected chi connectivity index (χ0v) is 22.0. The van der Waals surface area contributed by atoms with E-state index in [1.54, 1.807) is 0 Å². The Bertz CT molecular complexity index is 1260. The number of hydrogen-bond acceptors (Lipinski definition) is 5. The third-order valence-electron chi connectivity index (χ3n) is 10.3. The number of likely N-dealkylation sites (tertiary alicyclic amines) is 1. The van der Waals surface area contributed by atoms with Crippen LogP contribution in [-0.4, -0.2) is 59.2 Å². The molecule has 7 heteroatoms. The fourth-order valence-corrected chi connectivity index (χ4v) is 8.36. The zero-order valence-electron chi connectivity index (χ0n) is 22.0. The fourth-order valence-electron chi connectivity index (χ4n) is 8.36. The molecule has 5 aliphatic rings. The van der Waals surface area contributed by atoms with E-state index in [4.69, 9.17) is 4.74 Å². The van der Waals surface area contributed by atoms with E-state index in [0.717, 1.165) is 43.0 Å². The van der Waals surface area contributed by atoms with Crippen LogP contribution in [0.5, 0.6) is 5.75 Å². The van der Waals surface area contributed by atoms with E-state index in [2.05, 4.69) is 21.6 Å². The van der Waals surface area contributed by atoms with Crippen molar-refractivity contribution in [2.45, 2.75) is 87.0 Å². The smallest absolute Gasteiger partial charge is 0.227 e. The lowest BCUT2D eigenvalue weighted by Gasteiger charge is -2.64. The first-order valence-electron chi connectivity index (χ1n) is 14.3. The zero-order chi connectivity index (χ0) is 26.1. The molecule has 0 aromatic heterocycles. The maximum absolute atomic E-state index is 13.7. The summed E-state index contributed by atoms with van der Waals surface area (Å²) in [7, 11) is 0. The van der Waals surface area contributed by atoms with E-state index in [9.17, 15) is 14.7 Å². The van der Waals surface area contributed by atoms with E-state index in [-0.39, 0.29) is 30.0 Å². The van der Waals surface area contributed by atoms with Gasteiger partial charge in [-0.2, -0.15) is 0 Å². The molecule has 2 aromatic carbocycles. The maximum atomic E-state index is 13.7. The molecule has 1 saturated heterocycles. The summed E-state index contributed by atoms with van der Waals surface area (Å²) in [4.78, 5) is 27.7. The van der Waals surface area contributed by atoms with Gasteiger partial charge in [-0.15, -0.1) is 0 Å². The maximum Gasteiger partial charge on any atom is 0.227 e. The number of ether oxygens (including phenoxy) is 1. The molecule has 6 atom stereocenters. The second kappa shape index (κ2) is 8.82. The number of benzene rings is 2. The Morgan fingerprint density at radius 3 is 2.74 bits per heavy atom. The lowest BCUT2D eigenvalue weighted by Crippen LogP contribution is -2.78. The molecule has 3 aliphatic carbocycles. The predicted molar refractivity (Wildman–Crippen MR) is 144 cm³/mol. The molecule has 3 N–H and O–H groups in total. The highest BCUT2D eigenvalue weighted by atomic mass is 16.5. The fraction of sp³-hybridized carbons (Fsp3) is 0.548. The number of anilines is 1. The molecule has 3 fully saturated rings. The number of hydrogen-bond donors (Lipinski definition) is 3. The highest BCUT2D eigenvalue weighted by molar-refractivity contribution is 5.84. The molecule has 2 aromatic rings. The van der Waals surface area contributed by atoms with Crippen molar-refractivity contribution in [3.63, 3.8) is 0 Å². The average molecular weight is 516 g/mol. The number of amides is 2. The molecule has 38 heavy (non-hydrogen) atoms. The molecule has 3 unspecified atom stereocenters. The predicted octanol–water partition coefficient (Wildman–Crippen LogP) is 3.50. The van der Waals surface area contributed by atoms with Gasteiger partial charge in [-0.1, -0.05) is 43.3 Å². The van der Waals surface area contributed by atoms with Gasteiger partial charge in [0.25, 0.3) is 0 Å². The lowest BCUT2D eigenvalue weighted by atomic mass is 9.48.